The lowest BCUT2D eigenvalue weighted by molar-refractivity contribution is -0.159. The molecule has 0 aromatic rings. The van der Waals surface area contributed by atoms with Crippen molar-refractivity contribution in [3.8, 4) is 0 Å². The third-order valence-corrected chi connectivity index (χ3v) is 4.59. The SMILES string of the molecule is C=CC1SC(C=C)C(C(=O)OCC)C1C(=O)OCC. The minimum absolute atomic E-state index is 0.156. The van der Waals surface area contributed by atoms with Gasteiger partial charge in [0.05, 0.1) is 25.0 Å². The van der Waals surface area contributed by atoms with Gasteiger partial charge in [-0.25, -0.2) is 0 Å². The number of carbonyl (C=O) groups is 2. The number of hydrogen-bond acceptors (Lipinski definition) is 5. The van der Waals surface area contributed by atoms with E-state index in [9.17, 15) is 9.59 Å². The molecule has 1 aliphatic rings. The minimum atomic E-state index is -0.551. The standard InChI is InChI=1S/C14H20O4S/c1-5-9-11(13(15)17-7-3)12(10(6-2)19-9)14(16)18-8-4/h5-6,9-12H,1-2,7-8H2,3-4H3. The van der Waals surface area contributed by atoms with Gasteiger partial charge in [0, 0.05) is 10.5 Å². The molecule has 1 heterocycles. The summed E-state index contributed by atoms with van der Waals surface area (Å²) >= 11 is 1.50. The van der Waals surface area contributed by atoms with Gasteiger partial charge in [-0.05, 0) is 13.8 Å². The van der Waals surface area contributed by atoms with Gasteiger partial charge in [-0.2, -0.15) is 0 Å². The number of carbonyl (C=O) groups excluding carboxylic acids is 2. The summed E-state index contributed by atoms with van der Waals surface area (Å²) in [5.41, 5.74) is 0. The molecule has 1 rings (SSSR count). The van der Waals surface area contributed by atoms with Crippen molar-refractivity contribution in [2.45, 2.75) is 24.3 Å². The Bertz CT molecular complexity index is 332. The minimum Gasteiger partial charge on any atom is -0.466 e. The molecule has 1 aliphatic heterocycles. The van der Waals surface area contributed by atoms with Gasteiger partial charge in [0.25, 0.3) is 0 Å². The van der Waals surface area contributed by atoms with Gasteiger partial charge in [-0.3, -0.25) is 9.59 Å². The van der Waals surface area contributed by atoms with E-state index < -0.39 is 11.8 Å². The zero-order chi connectivity index (χ0) is 14.4. The molecule has 0 N–H and O–H groups in total. The largest absolute Gasteiger partial charge is 0.466 e. The second-order valence-electron chi connectivity index (χ2n) is 4.09. The molecule has 1 saturated heterocycles. The Morgan fingerprint density at radius 1 is 1.00 bits per heavy atom. The molecule has 0 amide bonds. The number of thioether (sulfide) groups is 1. The summed E-state index contributed by atoms with van der Waals surface area (Å²) in [7, 11) is 0. The molecule has 0 aliphatic carbocycles. The Morgan fingerprint density at radius 2 is 1.37 bits per heavy atom. The fourth-order valence-corrected chi connectivity index (χ4v) is 3.69. The van der Waals surface area contributed by atoms with Crippen LogP contribution in [0.1, 0.15) is 13.8 Å². The van der Waals surface area contributed by atoms with E-state index in [2.05, 4.69) is 13.2 Å². The van der Waals surface area contributed by atoms with Crippen LogP contribution < -0.4 is 0 Å². The first-order valence-corrected chi connectivity index (χ1v) is 7.28. The predicted octanol–water partition coefficient (Wildman–Crippen LogP) is 2.20. The molecule has 0 radical (unpaired) electrons. The van der Waals surface area contributed by atoms with Gasteiger partial charge in [0.15, 0.2) is 0 Å². The molecule has 4 atom stereocenters. The highest BCUT2D eigenvalue weighted by atomic mass is 32.2. The van der Waals surface area contributed by atoms with Crippen molar-refractivity contribution >= 4 is 23.7 Å². The molecule has 5 heteroatoms. The van der Waals surface area contributed by atoms with E-state index in [4.69, 9.17) is 9.47 Å². The van der Waals surface area contributed by atoms with E-state index in [1.165, 1.54) is 11.8 Å². The van der Waals surface area contributed by atoms with Gasteiger partial charge in [-0.15, -0.1) is 24.9 Å². The van der Waals surface area contributed by atoms with E-state index >= 15 is 0 Å². The van der Waals surface area contributed by atoms with E-state index in [1.54, 1.807) is 26.0 Å². The van der Waals surface area contributed by atoms with Gasteiger partial charge in [0.1, 0.15) is 0 Å². The van der Waals surface area contributed by atoms with Crippen molar-refractivity contribution in [2.24, 2.45) is 11.8 Å². The van der Waals surface area contributed by atoms with Crippen molar-refractivity contribution in [3.63, 3.8) is 0 Å². The van der Waals surface area contributed by atoms with Crippen LogP contribution in [0, 0.1) is 11.8 Å². The smallest absolute Gasteiger partial charge is 0.311 e. The van der Waals surface area contributed by atoms with E-state index in [0.29, 0.717) is 0 Å². The van der Waals surface area contributed by atoms with Crippen molar-refractivity contribution in [1.82, 2.24) is 0 Å². The summed E-state index contributed by atoms with van der Waals surface area (Å²) < 4.78 is 10.1. The number of rotatable bonds is 6. The molecule has 4 unspecified atom stereocenters. The van der Waals surface area contributed by atoms with Gasteiger partial charge in [-0.1, -0.05) is 12.2 Å². The maximum Gasteiger partial charge on any atom is 0.311 e. The average molecular weight is 284 g/mol. The summed E-state index contributed by atoms with van der Waals surface area (Å²) in [6, 6.07) is 0. The Morgan fingerprint density at radius 3 is 1.63 bits per heavy atom. The molecule has 106 valence electrons. The van der Waals surface area contributed by atoms with E-state index in [-0.39, 0.29) is 35.7 Å². The van der Waals surface area contributed by atoms with Crippen LogP contribution in [0.25, 0.3) is 0 Å². The quantitative estimate of drug-likeness (QED) is 0.553. The van der Waals surface area contributed by atoms with Gasteiger partial charge >= 0.3 is 11.9 Å². The normalized spacial score (nSPS) is 29.6. The number of hydrogen-bond donors (Lipinski definition) is 0. The Labute approximate surface area is 118 Å². The molecular formula is C14H20O4S. The lowest BCUT2D eigenvalue weighted by Crippen LogP contribution is -2.36. The summed E-state index contributed by atoms with van der Waals surface area (Å²) in [6.07, 6.45) is 3.37. The van der Waals surface area contributed by atoms with Gasteiger partial charge < -0.3 is 9.47 Å². The summed E-state index contributed by atoms with van der Waals surface area (Å²) in [4.78, 5) is 24.1. The summed E-state index contributed by atoms with van der Waals surface area (Å²) in [6.45, 7) is 11.5. The summed E-state index contributed by atoms with van der Waals surface area (Å²) in [5, 5.41) is -0.312. The number of esters is 2. The van der Waals surface area contributed by atoms with Crippen LogP contribution in [0.5, 0.6) is 0 Å². The molecule has 0 spiro atoms. The molecule has 0 bridgehead atoms. The Hall–Kier alpha value is -1.23. The first-order valence-electron chi connectivity index (χ1n) is 6.34. The fourth-order valence-electron chi connectivity index (χ4n) is 2.20. The molecule has 19 heavy (non-hydrogen) atoms. The molecule has 0 saturated carbocycles. The Balaban J connectivity index is 3.02. The second-order valence-corrected chi connectivity index (χ2v) is 5.45. The van der Waals surface area contributed by atoms with Crippen LogP contribution in [0.15, 0.2) is 25.3 Å². The van der Waals surface area contributed by atoms with Crippen LogP contribution in [-0.4, -0.2) is 35.7 Å². The maximum atomic E-state index is 12.1. The fraction of sp³-hybridized carbons (Fsp3) is 0.571. The lowest BCUT2D eigenvalue weighted by Gasteiger charge is -2.20. The third kappa shape index (κ3) is 3.41. The first kappa shape index (κ1) is 15.8. The van der Waals surface area contributed by atoms with Crippen molar-refractivity contribution in [2.75, 3.05) is 13.2 Å². The van der Waals surface area contributed by atoms with Crippen LogP contribution >= 0.6 is 11.8 Å². The Kier molecular flexibility index (Phi) is 6.15. The monoisotopic (exact) mass is 284 g/mol. The van der Waals surface area contributed by atoms with Crippen LogP contribution in [0.3, 0.4) is 0 Å². The predicted molar refractivity (Wildman–Crippen MR) is 75.8 cm³/mol. The first-order chi connectivity index (χ1) is 9.10. The highest BCUT2D eigenvalue weighted by Gasteiger charge is 2.50. The average Bonchev–Trinajstić information content (AvgIpc) is 2.77. The lowest BCUT2D eigenvalue weighted by atomic mass is 9.87. The molecular weight excluding hydrogens is 264 g/mol. The second kappa shape index (κ2) is 7.38. The summed E-state index contributed by atoms with van der Waals surface area (Å²) in [5.74, 6) is -1.85. The highest BCUT2D eigenvalue weighted by Crippen LogP contribution is 2.45. The zero-order valence-corrected chi connectivity index (χ0v) is 12.2. The van der Waals surface area contributed by atoms with Crippen molar-refractivity contribution < 1.29 is 19.1 Å². The van der Waals surface area contributed by atoms with Crippen LogP contribution in [0.4, 0.5) is 0 Å². The van der Waals surface area contributed by atoms with Crippen LogP contribution in [-0.2, 0) is 19.1 Å². The van der Waals surface area contributed by atoms with E-state index in [0.717, 1.165) is 0 Å². The van der Waals surface area contributed by atoms with Crippen molar-refractivity contribution in [3.05, 3.63) is 25.3 Å². The number of ether oxygens (including phenoxy) is 2. The molecule has 0 aromatic carbocycles. The topological polar surface area (TPSA) is 52.6 Å². The molecule has 1 fully saturated rings. The third-order valence-electron chi connectivity index (χ3n) is 2.99. The van der Waals surface area contributed by atoms with Crippen LogP contribution in [0.2, 0.25) is 0 Å². The van der Waals surface area contributed by atoms with Crippen molar-refractivity contribution in [1.29, 1.82) is 0 Å². The maximum absolute atomic E-state index is 12.1. The molecule has 4 nitrogen and oxygen atoms in total. The zero-order valence-electron chi connectivity index (χ0n) is 11.3. The highest BCUT2D eigenvalue weighted by molar-refractivity contribution is 8.01. The van der Waals surface area contributed by atoms with E-state index in [1.807, 2.05) is 0 Å². The van der Waals surface area contributed by atoms with Gasteiger partial charge in [0.2, 0.25) is 0 Å². The molecule has 0 aromatic heterocycles.